The summed E-state index contributed by atoms with van der Waals surface area (Å²) in [5.41, 5.74) is 1.44. The quantitative estimate of drug-likeness (QED) is 0.153. The van der Waals surface area contributed by atoms with Gasteiger partial charge in [0.1, 0.15) is 11.5 Å². The Labute approximate surface area is 220 Å². The number of carbonyl (C=O) groups excluding carboxylic acids is 2. The normalized spacial score (nSPS) is 10.1. The number of alkyl halides is 1. The number of ketones is 2. The van der Waals surface area contributed by atoms with Crippen molar-refractivity contribution in [2.45, 2.75) is 34.6 Å². The van der Waals surface area contributed by atoms with E-state index in [1.54, 1.807) is 31.2 Å². The van der Waals surface area contributed by atoms with Crippen LogP contribution in [0, 0.1) is 11.8 Å². The van der Waals surface area contributed by atoms with Crippen LogP contribution in [0.3, 0.4) is 0 Å². The molecule has 2 rings (SSSR count). The van der Waals surface area contributed by atoms with Gasteiger partial charge in [0, 0.05) is 11.1 Å². The zero-order chi connectivity index (χ0) is 24.5. The molecule has 32 heavy (non-hydrogen) atoms. The zero-order valence-electron chi connectivity index (χ0n) is 19.0. The Balaban J connectivity index is 0.000000536. The van der Waals surface area contributed by atoms with E-state index in [1.165, 1.54) is 11.3 Å². The van der Waals surface area contributed by atoms with Crippen molar-refractivity contribution in [2.75, 3.05) is 18.5 Å². The maximum absolute atomic E-state index is 11.3. The Morgan fingerprint density at radius 1 is 0.781 bits per heavy atom. The summed E-state index contributed by atoms with van der Waals surface area (Å²) in [6.45, 7) is 11.4. The van der Waals surface area contributed by atoms with Gasteiger partial charge >= 0.3 is 39.6 Å². The number of rotatable bonds is 9. The van der Waals surface area contributed by atoms with Gasteiger partial charge in [0.05, 0.1) is 18.5 Å². The van der Waals surface area contributed by atoms with Crippen LogP contribution in [0.5, 0.6) is 11.5 Å². The molecule has 0 aliphatic rings. The Hall–Kier alpha value is -0.661. The molecule has 0 heterocycles. The average molecular weight is 687 g/mol. The van der Waals surface area contributed by atoms with Gasteiger partial charge in [-0.15, -0.1) is 0 Å². The van der Waals surface area contributed by atoms with Crippen LogP contribution in [0.25, 0.3) is 0 Å². The molecule has 0 aromatic heterocycles. The van der Waals surface area contributed by atoms with Gasteiger partial charge in [0.15, 0.2) is 11.6 Å². The van der Waals surface area contributed by atoms with Crippen LogP contribution in [-0.2, 0) is 11.3 Å². The van der Waals surface area contributed by atoms with E-state index >= 15 is 0 Å². The maximum atomic E-state index is 11.3. The summed E-state index contributed by atoms with van der Waals surface area (Å²) < 4.78 is 11.0. The Kier molecular flexibility index (Phi) is 18.3. The number of carbonyl (C=O) groups is 2. The summed E-state index contributed by atoms with van der Waals surface area (Å²) in [4.78, 5) is 22.3. The van der Waals surface area contributed by atoms with E-state index in [4.69, 9.17) is 9.47 Å². The third-order valence-corrected chi connectivity index (χ3v) is 4.23. The van der Waals surface area contributed by atoms with Crippen LogP contribution in [0.1, 0.15) is 55.3 Å². The molecule has 0 saturated heterocycles. The molecule has 8 heteroatoms. The van der Waals surface area contributed by atoms with Gasteiger partial charge in [-0.05, 0) is 67.3 Å². The zero-order valence-corrected chi connectivity index (χ0v) is 24.7. The van der Waals surface area contributed by atoms with Crippen molar-refractivity contribution in [3.8, 4) is 11.5 Å². The van der Waals surface area contributed by atoms with E-state index in [-0.39, 0.29) is 11.6 Å². The van der Waals surface area contributed by atoms with Crippen molar-refractivity contribution in [1.82, 2.24) is 0 Å². The van der Waals surface area contributed by atoms with E-state index in [1.807, 2.05) is 24.3 Å². The third-order valence-electron chi connectivity index (χ3n) is 3.73. The van der Waals surface area contributed by atoms with Crippen LogP contribution < -0.4 is 9.47 Å². The first-order valence-corrected chi connectivity index (χ1v) is 15.8. The van der Waals surface area contributed by atoms with E-state index in [0.717, 1.165) is 17.1 Å². The van der Waals surface area contributed by atoms with Crippen LogP contribution >= 0.6 is 44.2 Å². The fraction of sp³-hybridized carbons (Fsp3) is 0.417. The monoisotopic (exact) mass is 683 g/mol. The molecule has 2 aromatic carbocycles. The first kappa shape index (κ1) is 31.3. The number of benzene rings is 2. The van der Waals surface area contributed by atoms with Crippen molar-refractivity contribution in [2.24, 2.45) is 11.8 Å². The average Bonchev–Trinajstić information content (AvgIpc) is 2.77. The molecule has 0 N–H and O–H groups in total. The second-order valence-electron chi connectivity index (χ2n) is 7.61. The Morgan fingerprint density at radius 3 is 1.41 bits per heavy atom. The molecule has 4 nitrogen and oxygen atoms in total. The van der Waals surface area contributed by atoms with Gasteiger partial charge in [0.25, 0.3) is 0 Å². The molecule has 0 aliphatic heterocycles. The molecule has 0 saturated carbocycles. The van der Waals surface area contributed by atoms with Crippen molar-refractivity contribution in [3.63, 3.8) is 0 Å². The molecule has 0 atom stereocenters. The molecule has 0 amide bonds. The van der Waals surface area contributed by atoms with Crippen LogP contribution in [0.4, 0.5) is 0 Å². The summed E-state index contributed by atoms with van der Waals surface area (Å²) in [5, 5.41) is 0.360. The topological polar surface area (TPSA) is 52.6 Å². The third kappa shape index (κ3) is 15.2. The number of hydrogen-bond donors (Lipinski definition) is 0. The summed E-state index contributed by atoms with van der Waals surface area (Å²) in [6.07, 6.45) is 0. The Morgan fingerprint density at radius 2 is 1.12 bits per heavy atom. The molecule has 0 aliphatic carbocycles. The van der Waals surface area contributed by atoms with E-state index < -0.39 is 0 Å². The number of ether oxygens (including phenoxy) is 2. The van der Waals surface area contributed by atoms with Gasteiger partial charge in [-0.25, -0.2) is 0 Å². The van der Waals surface area contributed by atoms with E-state index in [0.29, 0.717) is 35.9 Å². The number of hydrogen-bond acceptors (Lipinski definition) is 4. The summed E-state index contributed by atoms with van der Waals surface area (Å²) in [5.74, 6) is 2.83. The molecule has 2 aromatic rings. The fourth-order valence-electron chi connectivity index (χ4n) is 2.13. The van der Waals surface area contributed by atoms with Crippen LogP contribution in [0.2, 0.25) is 0 Å². The number of Topliss-reactive ketones (excluding diaryl/α,β-unsaturated/α-hetero) is 2. The molecule has 0 fully saturated rings. The molecule has 0 radical (unpaired) electrons. The first-order chi connectivity index (χ1) is 15.1. The van der Waals surface area contributed by atoms with Gasteiger partial charge in [-0.3, -0.25) is 9.59 Å². The van der Waals surface area contributed by atoms with Crippen LogP contribution in [-0.4, -0.2) is 30.1 Å². The van der Waals surface area contributed by atoms with Crippen molar-refractivity contribution < 1.29 is 30.4 Å². The van der Waals surface area contributed by atoms with Gasteiger partial charge in [-0.1, -0.05) is 43.6 Å². The van der Waals surface area contributed by atoms with Crippen molar-refractivity contribution in [1.29, 1.82) is 0 Å². The molecule has 183 valence electrons. The van der Waals surface area contributed by atoms with E-state index in [2.05, 4.69) is 71.8 Å². The molecule has 0 unspecified atom stereocenters. The van der Waals surface area contributed by atoms with Crippen LogP contribution in [0.15, 0.2) is 48.5 Å². The van der Waals surface area contributed by atoms with Crippen molar-refractivity contribution >= 4 is 55.7 Å². The van der Waals surface area contributed by atoms with Gasteiger partial charge < -0.3 is 9.47 Å². The van der Waals surface area contributed by atoms with Gasteiger partial charge in [-0.2, -0.15) is 0 Å². The van der Waals surface area contributed by atoms with Gasteiger partial charge in [0.2, 0.25) is 0 Å². The second kappa shape index (κ2) is 18.7. The minimum atomic E-state index is 0.0837. The number of halogens is 3. The fourth-order valence-corrected chi connectivity index (χ4v) is 2.45. The molecular weight excluding hydrogens is 656 g/mol. The summed E-state index contributed by atoms with van der Waals surface area (Å²) in [6, 6.07) is 14.5. The minimum absolute atomic E-state index is 0.0837. The molecule has 0 spiro atoms. The first-order valence-electron chi connectivity index (χ1n) is 10.0. The predicted molar refractivity (Wildman–Crippen MR) is 140 cm³/mol. The summed E-state index contributed by atoms with van der Waals surface area (Å²) >= 11 is 10.5. The SMILES string of the molecule is CC(=O)c1ccc(OCC(C)C)cc1.CC(C)COc1ccc(C(=O)CBr)cc1.[Br][Cu][Br]. The predicted octanol–water partition coefficient (Wildman–Crippen LogP) is 7.91. The molecule has 0 bridgehead atoms. The van der Waals surface area contributed by atoms with Crippen molar-refractivity contribution in [3.05, 3.63) is 59.7 Å². The Bertz CT molecular complexity index is 779. The standard InChI is InChI=1S/C12H15BrO2.C12H16O2.2BrH.Cu/c1-9(2)8-15-11-5-3-10(4-6-11)12(14)7-13;1-9(2)8-14-12-6-4-11(5-7-12)10(3)13;;;/h3-6,9H,7-8H2,1-2H3;4-7,9H,8H2,1-3H3;2*1H;/q;;;;+2/p-2. The van der Waals surface area contributed by atoms with E-state index in [9.17, 15) is 9.59 Å². The second-order valence-corrected chi connectivity index (χ2v) is 12.9. The summed E-state index contributed by atoms with van der Waals surface area (Å²) in [7, 11) is 0. The molecular formula is C24H31Br3CuO4.